The first-order valence-electron chi connectivity index (χ1n) is 11.4. The number of halogens is 1. The van der Waals surface area contributed by atoms with Gasteiger partial charge >= 0.3 is 0 Å². The maximum absolute atomic E-state index is 4.78. The van der Waals surface area contributed by atoms with Crippen LogP contribution in [0.2, 0.25) is 0 Å². The van der Waals surface area contributed by atoms with E-state index in [-0.39, 0.29) is 24.0 Å². The van der Waals surface area contributed by atoms with Crippen molar-refractivity contribution in [1.82, 2.24) is 25.3 Å². The third kappa shape index (κ3) is 7.79. The minimum atomic E-state index is 0. The average molecular weight is 539 g/mol. The number of nitrogens with zero attached hydrogens (tertiary/aromatic N) is 4. The third-order valence-corrected chi connectivity index (χ3v) is 5.98. The lowest BCUT2D eigenvalue weighted by Crippen LogP contribution is -2.37. The highest BCUT2D eigenvalue weighted by molar-refractivity contribution is 14.0. The summed E-state index contributed by atoms with van der Waals surface area (Å²) >= 11 is 0. The van der Waals surface area contributed by atoms with Crippen molar-refractivity contribution in [2.75, 3.05) is 19.6 Å². The Morgan fingerprint density at radius 1 is 1.00 bits per heavy atom. The average Bonchev–Trinajstić information content (AvgIpc) is 2.91. The molecule has 0 aliphatic carbocycles. The number of aromatic nitrogens is 2. The van der Waals surface area contributed by atoms with Gasteiger partial charge in [0.1, 0.15) is 0 Å². The highest BCUT2D eigenvalue weighted by Crippen LogP contribution is 2.14. The molecule has 0 radical (unpaired) electrons. The SMILES string of the molecule is CCNC(=NCc1ccc(CN2CCCCCC2)cc1)NCc1c(C)nn(C)c1C.I. The van der Waals surface area contributed by atoms with E-state index in [0.717, 1.165) is 31.3 Å². The summed E-state index contributed by atoms with van der Waals surface area (Å²) in [6.07, 6.45) is 5.45. The van der Waals surface area contributed by atoms with Crippen LogP contribution in [0.1, 0.15) is 60.7 Å². The maximum atomic E-state index is 4.78. The highest BCUT2D eigenvalue weighted by Gasteiger charge is 2.11. The lowest BCUT2D eigenvalue weighted by Gasteiger charge is -2.19. The van der Waals surface area contributed by atoms with E-state index in [1.807, 2.05) is 11.7 Å². The van der Waals surface area contributed by atoms with Crippen molar-refractivity contribution in [3.8, 4) is 0 Å². The number of likely N-dealkylation sites (tertiary alicyclic amines) is 1. The van der Waals surface area contributed by atoms with E-state index in [9.17, 15) is 0 Å². The van der Waals surface area contributed by atoms with E-state index in [1.165, 1.54) is 61.2 Å². The zero-order chi connectivity index (χ0) is 21.3. The number of nitrogens with one attached hydrogen (secondary N) is 2. The second-order valence-corrected chi connectivity index (χ2v) is 8.33. The second-order valence-electron chi connectivity index (χ2n) is 8.33. The van der Waals surface area contributed by atoms with Gasteiger partial charge in [0.15, 0.2) is 5.96 Å². The molecule has 31 heavy (non-hydrogen) atoms. The van der Waals surface area contributed by atoms with Crippen LogP contribution in [-0.4, -0.2) is 40.3 Å². The summed E-state index contributed by atoms with van der Waals surface area (Å²) in [6.45, 7) is 12.0. The molecule has 2 N–H and O–H groups in total. The van der Waals surface area contributed by atoms with Crippen LogP contribution >= 0.6 is 24.0 Å². The molecule has 1 aromatic carbocycles. The van der Waals surface area contributed by atoms with Crippen molar-refractivity contribution in [3.05, 3.63) is 52.3 Å². The summed E-state index contributed by atoms with van der Waals surface area (Å²) in [4.78, 5) is 7.37. The molecule has 0 atom stereocenters. The first-order chi connectivity index (χ1) is 14.6. The summed E-state index contributed by atoms with van der Waals surface area (Å²) in [6, 6.07) is 8.96. The summed E-state index contributed by atoms with van der Waals surface area (Å²) in [5.41, 5.74) is 6.13. The number of guanidine groups is 1. The molecule has 0 spiro atoms. The lowest BCUT2D eigenvalue weighted by atomic mass is 10.1. The van der Waals surface area contributed by atoms with Crippen LogP contribution in [-0.2, 0) is 26.7 Å². The summed E-state index contributed by atoms with van der Waals surface area (Å²) in [7, 11) is 1.99. The molecule has 0 saturated carbocycles. The summed E-state index contributed by atoms with van der Waals surface area (Å²) < 4.78 is 1.93. The van der Waals surface area contributed by atoms with Crippen LogP contribution in [0.25, 0.3) is 0 Å². The number of hydrogen-bond donors (Lipinski definition) is 2. The van der Waals surface area contributed by atoms with E-state index in [0.29, 0.717) is 6.54 Å². The topological polar surface area (TPSA) is 57.5 Å². The maximum Gasteiger partial charge on any atom is 0.191 e. The molecule has 1 aliphatic heterocycles. The van der Waals surface area contributed by atoms with Crippen molar-refractivity contribution < 1.29 is 0 Å². The van der Waals surface area contributed by atoms with Gasteiger partial charge in [-0.25, -0.2) is 4.99 Å². The molecule has 0 bridgehead atoms. The number of benzene rings is 1. The number of aryl methyl sites for hydroxylation is 2. The molecule has 2 heterocycles. The standard InChI is InChI=1S/C24H38N6.HI/c1-5-25-24(27-17-23-19(2)28-29(4)20(23)3)26-16-21-10-12-22(13-11-21)18-30-14-8-6-7-9-15-30;/h10-13H,5-9,14-18H2,1-4H3,(H2,25,26,27);1H. The molecule has 3 rings (SSSR count). The van der Waals surface area contributed by atoms with Gasteiger partial charge in [-0.05, 0) is 57.8 Å². The van der Waals surface area contributed by atoms with Gasteiger partial charge in [-0.3, -0.25) is 9.58 Å². The Hall–Kier alpha value is -1.61. The predicted octanol–water partition coefficient (Wildman–Crippen LogP) is 4.29. The molecule has 1 fully saturated rings. The first kappa shape index (κ1) is 25.6. The number of hydrogen-bond acceptors (Lipinski definition) is 3. The fraction of sp³-hybridized carbons (Fsp3) is 0.583. The van der Waals surface area contributed by atoms with E-state index in [4.69, 9.17) is 4.99 Å². The molecule has 7 heteroatoms. The van der Waals surface area contributed by atoms with Crippen LogP contribution in [0, 0.1) is 13.8 Å². The zero-order valence-corrected chi connectivity index (χ0v) is 21.9. The first-order valence-corrected chi connectivity index (χ1v) is 11.4. The molecule has 0 unspecified atom stereocenters. The molecule has 1 aromatic heterocycles. The van der Waals surface area contributed by atoms with Gasteiger partial charge in [0.05, 0.1) is 12.2 Å². The summed E-state index contributed by atoms with van der Waals surface area (Å²) in [5, 5.41) is 11.3. The van der Waals surface area contributed by atoms with Gasteiger partial charge in [0.2, 0.25) is 0 Å². The van der Waals surface area contributed by atoms with Gasteiger partial charge in [-0.1, -0.05) is 37.1 Å². The Labute approximate surface area is 204 Å². The van der Waals surface area contributed by atoms with E-state index >= 15 is 0 Å². The Balaban J connectivity index is 0.00000341. The fourth-order valence-electron chi connectivity index (χ4n) is 4.06. The van der Waals surface area contributed by atoms with Crippen LogP contribution < -0.4 is 10.6 Å². The molecule has 1 aliphatic rings. The van der Waals surface area contributed by atoms with Gasteiger partial charge in [-0.15, -0.1) is 24.0 Å². The van der Waals surface area contributed by atoms with Crippen molar-refractivity contribution in [1.29, 1.82) is 0 Å². The smallest absolute Gasteiger partial charge is 0.191 e. The minimum absolute atomic E-state index is 0. The predicted molar refractivity (Wildman–Crippen MR) is 140 cm³/mol. The molecular weight excluding hydrogens is 499 g/mol. The Morgan fingerprint density at radius 2 is 1.65 bits per heavy atom. The largest absolute Gasteiger partial charge is 0.357 e. The van der Waals surface area contributed by atoms with Crippen molar-refractivity contribution in [2.24, 2.45) is 12.0 Å². The molecule has 172 valence electrons. The van der Waals surface area contributed by atoms with E-state index < -0.39 is 0 Å². The highest BCUT2D eigenvalue weighted by atomic mass is 127. The number of rotatable bonds is 7. The van der Waals surface area contributed by atoms with E-state index in [1.54, 1.807) is 0 Å². The quantitative estimate of drug-likeness (QED) is 0.314. The molecule has 6 nitrogen and oxygen atoms in total. The summed E-state index contributed by atoms with van der Waals surface area (Å²) in [5.74, 6) is 0.841. The monoisotopic (exact) mass is 538 g/mol. The Bertz CT molecular complexity index is 819. The second kappa shape index (κ2) is 13.1. The Morgan fingerprint density at radius 3 is 2.23 bits per heavy atom. The molecule has 1 saturated heterocycles. The van der Waals surface area contributed by atoms with Gasteiger partial charge in [-0.2, -0.15) is 5.10 Å². The lowest BCUT2D eigenvalue weighted by molar-refractivity contribution is 0.277. The van der Waals surface area contributed by atoms with Gasteiger partial charge in [0, 0.05) is 37.9 Å². The molecule has 2 aromatic rings. The van der Waals surface area contributed by atoms with Crippen molar-refractivity contribution in [3.63, 3.8) is 0 Å². The van der Waals surface area contributed by atoms with E-state index in [2.05, 4.69) is 65.7 Å². The van der Waals surface area contributed by atoms with Crippen LogP contribution in [0.5, 0.6) is 0 Å². The zero-order valence-electron chi connectivity index (χ0n) is 19.6. The van der Waals surface area contributed by atoms with Gasteiger partial charge < -0.3 is 10.6 Å². The number of aliphatic imine (C=N–C) groups is 1. The van der Waals surface area contributed by atoms with Crippen LogP contribution in [0.4, 0.5) is 0 Å². The molecule has 0 amide bonds. The molecular formula is C24H39IN6. The van der Waals surface area contributed by atoms with Crippen molar-refractivity contribution in [2.45, 2.75) is 66.1 Å². The van der Waals surface area contributed by atoms with Gasteiger partial charge in [0.25, 0.3) is 0 Å². The van der Waals surface area contributed by atoms with Crippen LogP contribution in [0.15, 0.2) is 29.3 Å². The minimum Gasteiger partial charge on any atom is -0.357 e. The third-order valence-electron chi connectivity index (χ3n) is 5.98. The normalized spacial score (nSPS) is 15.3. The fourth-order valence-corrected chi connectivity index (χ4v) is 4.06. The van der Waals surface area contributed by atoms with Crippen LogP contribution in [0.3, 0.4) is 0 Å². The van der Waals surface area contributed by atoms with Crippen molar-refractivity contribution >= 4 is 29.9 Å². The Kier molecular flexibility index (Phi) is 10.8.